The molecule has 5 nitrogen and oxygen atoms in total. The van der Waals surface area contributed by atoms with E-state index in [2.05, 4.69) is 224 Å². The van der Waals surface area contributed by atoms with Crippen molar-refractivity contribution in [3.05, 3.63) is 181 Å². The molecule has 8 aromatic rings. The topological polar surface area (TPSA) is 42.6 Å². The molecular weight excluding hydrogens is 865 g/mol. The molecule has 0 saturated carbocycles. The molecule has 3 aliphatic rings. The SMILES string of the molecule is Cc1cc(C)c(-c2cc(Oc3cc4c(cc3C)c3cc(C(C)(C)C)cc5c3n4-c3ncccc3C5(C)C)cc(C3=N[C@]4(C)c5cc(C)c(C)cc5C[C@]4(C)N3c3c(C(C)C)cccc3C(C)C)c2)c(C)c1. The van der Waals surface area contributed by atoms with Gasteiger partial charge in [-0.3, -0.25) is 9.56 Å². The molecule has 0 fully saturated rings. The molecule has 6 aromatic carbocycles. The number of nitrogens with zero attached hydrogens (tertiary/aromatic N) is 4. The van der Waals surface area contributed by atoms with Crippen LogP contribution in [0, 0.1) is 41.5 Å². The number of hydrogen-bond acceptors (Lipinski definition) is 4. The average molecular weight is 937 g/mol. The van der Waals surface area contributed by atoms with Crippen molar-refractivity contribution in [1.29, 1.82) is 0 Å². The van der Waals surface area contributed by atoms with Gasteiger partial charge in [0.05, 0.1) is 22.3 Å². The van der Waals surface area contributed by atoms with Crippen LogP contribution in [0.5, 0.6) is 11.5 Å². The fourth-order valence-electron chi connectivity index (χ4n) is 13.0. The van der Waals surface area contributed by atoms with E-state index in [0.717, 1.165) is 51.8 Å². The van der Waals surface area contributed by atoms with Gasteiger partial charge in [0.1, 0.15) is 28.7 Å². The van der Waals surface area contributed by atoms with Crippen molar-refractivity contribution in [2.24, 2.45) is 4.99 Å². The molecule has 0 saturated heterocycles. The Morgan fingerprint density at radius 1 is 0.634 bits per heavy atom. The van der Waals surface area contributed by atoms with E-state index < -0.39 is 11.1 Å². The first-order valence-electron chi connectivity index (χ1n) is 26.1. The van der Waals surface area contributed by atoms with E-state index in [1.807, 2.05) is 6.20 Å². The van der Waals surface area contributed by atoms with E-state index in [1.54, 1.807) is 0 Å². The van der Waals surface area contributed by atoms with Crippen molar-refractivity contribution in [2.75, 3.05) is 4.90 Å². The highest BCUT2D eigenvalue weighted by Gasteiger charge is 2.61. The van der Waals surface area contributed by atoms with Gasteiger partial charge in [-0.15, -0.1) is 0 Å². The number of benzene rings is 6. The summed E-state index contributed by atoms with van der Waals surface area (Å²) in [6.07, 6.45) is 2.82. The van der Waals surface area contributed by atoms with Crippen LogP contribution in [0.1, 0.15) is 166 Å². The van der Waals surface area contributed by atoms with Crippen molar-refractivity contribution in [1.82, 2.24) is 9.55 Å². The third-order valence-corrected chi connectivity index (χ3v) is 17.2. The molecule has 362 valence electrons. The van der Waals surface area contributed by atoms with Gasteiger partial charge in [0.25, 0.3) is 0 Å². The second-order valence-electron chi connectivity index (χ2n) is 24.2. The molecule has 2 atom stereocenters. The number of hydrogen-bond donors (Lipinski definition) is 0. The number of amidine groups is 1. The first-order valence-corrected chi connectivity index (χ1v) is 26.1. The predicted molar refractivity (Wildman–Crippen MR) is 299 cm³/mol. The minimum absolute atomic E-state index is 0.0271. The summed E-state index contributed by atoms with van der Waals surface area (Å²) in [6, 6.07) is 37.2. The Hall–Kier alpha value is -6.46. The molecule has 0 N–H and O–H groups in total. The molecule has 1 aliphatic carbocycles. The molecule has 0 amide bonds. The Kier molecular flexibility index (Phi) is 10.4. The summed E-state index contributed by atoms with van der Waals surface area (Å²) >= 11 is 0. The van der Waals surface area contributed by atoms with Crippen LogP contribution in [-0.2, 0) is 22.8 Å². The normalized spacial score (nSPS) is 19.0. The molecule has 5 heteroatoms. The van der Waals surface area contributed by atoms with E-state index >= 15 is 0 Å². The number of aromatic nitrogens is 2. The maximum absolute atomic E-state index is 7.42. The maximum Gasteiger partial charge on any atom is 0.141 e. The number of pyridine rings is 1. The van der Waals surface area contributed by atoms with Crippen LogP contribution in [0.3, 0.4) is 0 Å². The Labute approximate surface area is 423 Å². The summed E-state index contributed by atoms with van der Waals surface area (Å²) < 4.78 is 9.83. The number of aliphatic imine (C=N–C) groups is 1. The van der Waals surface area contributed by atoms with E-state index in [-0.39, 0.29) is 10.8 Å². The summed E-state index contributed by atoms with van der Waals surface area (Å²) in [7, 11) is 0. The molecule has 4 heterocycles. The van der Waals surface area contributed by atoms with E-state index in [0.29, 0.717) is 11.8 Å². The number of rotatable bonds is 7. The maximum atomic E-state index is 7.42. The fraction of sp³-hybridized carbons (Fsp3) is 0.364. The molecule has 2 aliphatic heterocycles. The number of ether oxygens (including phenoxy) is 1. The summed E-state index contributed by atoms with van der Waals surface area (Å²) in [5.74, 6) is 4.19. The minimum atomic E-state index is -0.522. The molecule has 71 heavy (non-hydrogen) atoms. The number of para-hydroxylation sites is 1. The lowest BCUT2D eigenvalue weighted by Crippen LogP contribution is -2.54. The van der Waals surface area contributed by atoms with Gasteiger partial charge < -0.3 is 9.64 Å². The van der Waals surface area contributed by atoms with E-state index in [4.69, 9.17) is 14.7 Å². The van der Waals surface area contributed by atoms with Gasteiger partial charge in [-0.25, -0.2) is 4.98 Å². The number of anilines is 1. The van der Waals surface area contributed by atoms with Gasteiger partial charge in [0, 0.05) is 39.6 Å². The standard InChI is InChI=1S/C66H72N4O/c1-36(2)49-20-18-21-50(37(3)4)59(49)70-61(68-66(17)54-28-40(7)39(6)26-46(54)35-65(66,70)16)45-29-44(58-42(9)24-38(5)25-43(58)10)30-48(31-45)71-57-34-56-51(27-41(57)8)52-32-47(63(11,12)13)33-55-60(52)69(56)62-53(64(55,14)15)22-19-23-67-62/h18-34,36-37H,35H2,1-17H3/t65-,66+/m0/s1. The van der Waals surface area contributed by atoms with Gasteiger partial charge in [-0.05, 0) is 188 Å². The Balaban J connectivity index is 1.17. The number of aryl methyl sites for hydroxylation is 6. The summed E-state index contributed by atoms with van der Waals surface area (Å²) in [5, 5.41) is 2.48. The van der Waals surface area contributed by atoms with Gasteiger partial charge in [0.15, 0.2) is 0 Å². The first kappa shape index (κ1) is 46.9. The van der Waals surface area contributed by atoms with Crippen LogP contribution in [0.4, 0.5) is 5.69 Å². The van der Waals surface area contributed by atoms with Gasteiger partial charge in [-0.1, -0.05) is 122 Å². The minimum Gasteiger partial charge on any atom is -0.457 e. The van der Waals surface area contributed by atoms with Crippen molar-refractivity contribution >= 4 is 33.3 Å². The van der Waals surface area contributed by atoms with Crippen LogP contribution in [0.2, 0.25) is 0 Å². The molecule has 0 spiro atoms. The zero-order valence-electron chi connectivity index (χ0n) is 45.4. The zero-order chi connectivity index (χ0) is 50.6. The smallest absolute Gasteiger partial charge is 0.141 e. The zero-order valence-corrected chi connectivity index (χ0v) is 45.4. The van der Waals surface area contributed by atoms with Crippen molar-refractivity contribution in [3.8, 4) is 28.4 Å². The van der Waals surface area contributed by atoms with Crippen molar-refractivity contribution in [2.45, 2.75) is 158 Å². The van der Waals surface area contributed by atoms with E-state index in [9.17, 15) is 0 Å². The quantitative estimate of drug-likeness (QED) is 0.160. The summed E-state index contributed by atoms with van der Waals surface area (Å²) in [5.41, 5.74) is 22.6. The molecule has 0 radical (unpaired) electrons. The lowest BCUT2D eigenvalue weighted by atomic mass is 9.73. The molecule has 2 aromatic heterocycles. The van der Waals surface area contributed by atoms with Crippen LogP contribution >= 0.6 is 0 Å². The Morgan fingerprint density at radius 2 is 1.30 bits per heavy atom. The van der Waals surface area contributed by atoms with Crippen LogP contribution in [0.15, 0.2) is 108 Å². The van der Waals surface area contributed by atoms with Crippen LogP contribution in [0.25, 0.3) is 38.8 Å². The Morgan fingerprint density at radius 3 is 1.96 bits per heavy atom. The first-order chi connectivity index (χ1) is 33.4. The monoisotopic (exact) mass is 937 g/mol. The second-order valence-corrected chi connectivity index (χ2v) is 24.2. The van der Waals surface area contributed by atoms with Crippen LogP contribution < -0.4 is 9.64 Å². The molecule has 0 bridgehead atoms. The lowest BCUT2D eigenvalue weighted by Gasteiger charge is -2.44. The van der Waals surface area contributed by atoms with Gasteiger partial charge in [-0.2, -0.15) is 0 Å². The van der Waals surface area contributed by atoms with Crippen molar-refractivity contribution in [3.63, 3.8) is 0 Å². The molecule has 0 unspecified atom stereocenters. The third-order valence-electron chi connectivity index (χ3n) is 17.2. The summed E-state index contributed by atoms with van der Waals surface area (Å²) in [6.45, 7) is 39.3. The molecule has 11 rings (SSSR count). The van der Waals surface area contributed by atoms with Crippen LogP contribution in [-0.4, -0.2) is 20.9 Å². The van der Waals surface area contributed by atoms with Crippen molar-refractivity contribution < 1.29 is 4.74 Å². The predicted octanol–water partition coefficient (Wildman–Crippen LogP) is 17.2. The highest BCUT2D eigenvalue weighted by molar-refractivity contribution is 6.15. The average Bonchev–Trinajstić information content (AvgIpc) is 3.81. The van der Waals surface area contributed by atoms with Gasteiger partial charge in [0.2, 0.25) is 0 Å². The lowest BCUT2D eigenvalue weighted by molar-refractivity contribution is 0.321. The fourth-order valence-corrected chi connectivity index (χ4v) is 13.0. The third kappa shape index (κ3) is 6.84. The largest absolute Gasteiger partial charge is 0.457 e. The summed E-state index contributed by atoms with van der Waals surface area (Å²) in [4.78, 5) is 13.9. The second kappa shape index (κ2) is 15.8. The molecular formula is C66H72N4O. The Bertz CT molecular complexity index is 3560. The highest BCUT2D eigenvalue weighted by Crippen LogP contribution is 2.58. The van der Waals surface area contributed by atoms with Gasteiger partial charge >= 0.3 is 0 Å². The van der Waals surface area contributed by atoms with E-state index in [1.165, 1.54) is 94.3 Å². The number of fused-ring (bicyclic) bond motifs is 8. The highest BCUT2D eigenvalue weighted by atomic mass is 16.5.